The van der Waals surface area contributed by atoms with Crippen LogP contribution in [0.25, 0.3) is 0 Å². The zero-order valence-electron chi connectivity index (χ0n) is 16.4. The Labute approximate surface area is 190 Å². The number of sulfonamides is 1. The van der Waals surface area contributed by atoms with E-state index in [4.69, 9.17) is 4.74 Å². The van der Waals surface area contributed by atoms with Gasteiger partial charge in [-0.05, 0) is 36.4 Å². The minimum Gasteiger partial charge on any atom is -0.486 e. The Balaban J connectivity index is 1.74. The fraction of sp³-hybridized carbons (Fsp3) is 0.333. The summed E-state index contributed by atoms with van der Waals surface area (Å²) in [6, 6.07) is 10.4. The second kappa shape index (κ2) is 7.78. The van der Waals surface area contributed by atoms with E-state index in [0.29, 0.717) is 10.5 Å². The summed E-state index contributed by atoms with van der Waals surface area (Å²) in [6.45, 7) is -0.209. The summed E-state index contributed by atoms with van der Waals surface area (Å²) in [5, 5.41) is 9.52. The van der Waals surface area contributed by atoms with Crippen LogP contribution in [0.3, 0.4) is 0 Å². The van der Waals surface area contributed by atoms with E-state index in [1.807, 2.05) is 0 Å². The predicted octanol–water partition coefficient (Wildman–Crippen LogP) is 4.69. The summed E-state index contributed by atoms with van der Waals surface area (Å²) < 4.78 is 73.8. The quantitative estimate of drug-likeness (QED) is 0.574. The minimum absolute atomic E-state index is 0.0554. The Kier molecular flexibility index (Phi) is 5.49. The van der Waals surface area contributed by atoms with Crippen LogP contribution < -0.4 is 9.04 Å². The fourth-order valence-electron chi connectivity index (χ4n) is 3.99. The molecule has 2 aromatic carbocycles. The Morgan fingerprint density at radius 2 is 1.94 bits per heavy atom. The molecule has 4 rings (SSSR count). The van der Waals surface area contributed by atoms with Gasteiger partial charge in [0, 0.05) is 23.7 Å². The topological polar surface area (TPSA) is 87.5 Å². The van der Waals surface area contributed by atoms with Crippen molar-refractivity contribution < 1.29 is 31.1 Å². The SMILES string of the molecule is N#CC1(C[C@H]2CN(S(=O)(=O)c3cccc(C(F)(F)F)c3)c3cc(Br)ccc3O2)CC(=O)C1. The number of rotatable bonds is 4. The van der Waals surface area contributed by atoms with Gasteiger partial charge in [-0.3, -0.25) is 9.10 Å². The van der Waals surface area contributed by atoms with Crippen molar-refractivity contribution in [2.75, 3.05) is 10.8 Å². The fourth-order valence-corrected chi connectivity index (χ4v) is 5.88. The van der Waals surface area contributed by atoms with E-state index in [-0.39, 0.29) is 43.0 Å². The van der Waals surface area contributed by atoms with Crippen molar-refractivity contribution >= 4 is 37.4 Å². The van der Waals surface area contributed by atoms with Gasteiger partial charge in [-0.1, -0.05) is 22.0 Å². The average molecular weight is 529 g/mol. The lowest BCUT2D eigenvalue weighted by Gasteiger charge is -2.41. The molecule has 1 aliphatic carbocycles. The molecule has 168 valence electrons. The Hall–Kier alpha value is -2.58. The van der Waals surface area contributed by atoms with Gasteiger partial charge >= 0.3 is 6.18 Å². The van der Waals surface area contributed by atoms with Crippen LogP contribution in [0.4, 0.5) is 18.9 Å². The number of ether oxygens (including phenoxy) is 1. The molecule has 32 heavy (non-hydrogen) atoms. The molecule has 1 heterocycles. The monoisotopic (exact) mass is 528 g/mol. The molecule has 0 amide bonds. The van der Waals surface area contributed by atoms with Crippen molar-refractivity contribution in [1.29, 1.82) is 5.26 Å². The van der Waals surface area contributed by atoms with Crippen molar-refractivity contribution in [3.8, 4) is 11.8 Å². The van der Waals surface area contributed by atoms with E-state index >= 15 is 0 Å². The highest BCUT2D eigenvalue weighted by Gasteiger charge is 2.48. The number of fused-ring (bicyclic) bond motifs is 1. The lowest BCUT2D eigenvalue weighted by molar-refractivity contribution is -0.137. The van der Waals surface area contributed by atoms with Crippen molar-refractivity contribution in [3.05, 3.63) is 52.5 Å². The Morgan fingerprint density at radius 1 is 1.22 bits per heavy atom. The standard InChI is InChI=1S/C21H16BrF3N2O4S/c22-14-4-5-19-18(7-14)27(11-16(31-19)10-20(12-26)8-15(28)9-20)32(29,30)17-3-1-2-13(6-17)21(23,24)25/h1-7,16H,8-11H2/t16-/m0/s1. The number of alkyl halides is 3. The maximum atomic E-state index is 13.4. The number of hydrogen-bond donors (Lipinski definition) is 0. The molecule has 1 aliphatic heterocycles. The molecular weight excluding hydrogens is 513 g/mol. The molecule has 1 saturated carbocycles. The summed E-state index contributed by atoms with van der Waals surface area (Å²) in [6.07, 6.45) is -5.19. The number of anilines is 1. The number of hydrogen-bond acceptors (Lipinski definition) is 5. The van der Waals surface area contributed by atoms with Crippen molar-refractivity contribution in [1.82, 2.24) is 0 Å². The van der Waals surface area contributed by atoms with Gasteiger partial charge in [0.25, 0.3) is 10.0 Å². The molecule has 0 unspecified atom stereocenters. The molecular formula is C21H16BrF3N2O4S. The summed E-state index contributed by atoms with van der Waals surface area (Å²) in [7, 11) is -4.39. The van der Waals surface area contributed by atoms with E-state index in [1.165, 1.54) is 6.07 Å². The summed E-state index contributed by atoms with van der Waals surface area (Å²) in [5.41, 5.74) is -1.83. The average Bonchev–Trinajstić information content (AvgIpc) is 2.71. The van der Waals surface area contributed by atoms with Crippen LogP contribution in [-0.2, 0) is 21.0 Å². The van der Waals surface area contributed by atoms with E-state index in [0.717, 1.165) is 22.5 Å². The Morgan fingerprint density at radius 3 is 2.56 bits per heavy atom. The van der Waals surface area contributed by atoms with Gasteiger partial charge in [0.15, 0.2) is 0 Å². The third-order valence-electron chi connectivity index (χ3n) is 5.53. The van der Waals surface area contributed by atoms with E-state index in [9.17, 15) is 31.6 Å². The minimum atomic E-state index is -4.70. The van der Waals surface area contributed by atoms with Crippen LogP contribution in [0.15, 0.2) is 51.8 Å². The second-order valence-corrected chi connectivity index (χ2v) is 10.7. The molecule has 11 heteroatoms. The normalized spacial score (nSPS) is 20.0. The number of carbonyl (C=O) groups is 1. The Bertz CT molecular complexity index is 1230. The smallest absolute Gasteiger partial charge is 0.416 e. The van der Waals surface area contributed by atoms with Crippen LogP contribution >= 0.6 is 15.9 Å². The van der Waals surface area contributed by atoms with E-state index in [2.05, 4.69) is 22.0 Å². The van der Waals surface area contributed by atoms with Gasteiger partial charge in [0.05, 0.1) is 34.2 Å². The van der Waals surface area contributed by atoms with Gasteiger partial charge in [-0.2, -0.15) is 18.4 Å². The van der Waals surface area contributed by atoms with Crippen molar-refractivity contribution in [2.45, 2.75) is 36.4 Å². The maximum Gasteiger partial charge on any atom is 0.416 e. The number of benzene rings is 2. The highest BCUT2D eigenvalue weighted by Crippen LogP contribution is 2.46. The third kappa shape index (κ3) is 4.09. The lowest BCUT2D eigenvalue weighted by Crippen LogP contribution is -2.48. The molecule has 1 fully saturated rings. The molecule has 0 aromatic heterocycles. The zero-order valence-corrected chi connectivity index (χ0v) is 18.8. The summed E-state index contributed by atoms with van der Waals surface area (Å²) in [5.74, 6) is 0.166. The van der Waals surface area contributed by atoms with Gasteiger partial charge in [-0.25, -0.2) is 8.42 Å². The highest BCUT2D eigenvalue weighted by molar-refractivity contribution is 9.10. The van der Waals surface area contributed by atoms with E-state index < -0.39 is 38.2 Å². The molecule has 6 nitrogen and oxygen atoms in total. The third-order valence-corrected chi connectivity index (χ3v) is 7.80. The number of ketones is 1. The zero-order chi connectivity index (χ0) is 23.3. The van der Waals surface area contributed by atoms with Crippen LogP contribution in [0.1, 0.15) is 24.8 Å². The predicted molar refractivity (Wildman–Crippen MR) is 111 cm³/mol. The van der Waals surface area contributed by atoms with Gasteiger partial charge in [0.2, 0.25) is 0 Å². The molecule has 1 atom stereocenters. The molecule has 0 bridgehead atoms. The van der Waals surface area contributed by atoms with Gasteiger partial charge < -0.3 is 4.74 Å². The van der Waals surface area contributed by atoms with Crippen LogP contribution in [-0.4, -0.2) is 26.8 Å². The molecule has 2 aromatic rings. The van der Waals surface area contributed by atoms with E-state index in [1.54, 1.807) is 12.1 Å². The van der Waals surface area contributed by atoms with Crippen molar-refractivity contribution in [3.63, 3.8) is 0 Å². The first-order valence-corrected chi connectivity index (χ1v) is 11.8. The molecule has 0 spiro atoms. The first kappa shape index (κ1) is 22.6. The molecule has 0 radical (unpaired) electrons. The number of Topliss-reactive ketones (excluding diaryl/α,β-unsaturated/α-hetero) is 1. The molecule has 0 saturated heterocycles. The largest absolute Gasteiger partial charge is 0.486 e. The second-order valence-electron chi connectivity index (χ2n) is 7.90. The molecule has 0 N–H and O–H groups in total. The first-order valence-electron chi connectivity index (χ1n) is 9.53. The summed E-state index contributed by atoms with van der Waals surface area (Å²) in [4.78, 5) is 11.0. The number of halogens is 4. The van der Waals surface area contributed by atoms with Crippen molar-refractivity contribution in [2.24, 2.45) is 5.41 Å². The summed E-state index contributed by atoms with van der Waals surface area (Å²) >= 11 is 3.27. The number of nitrogens with zero attached hydrogens (tertiary/aromatic N) is 2. The molecule has 2 aliphatic rings. The highest BCUT2D eigenvalue weighted by atomic mass is 79.9. The first-order chi connectivity index (χ1) is 14.9. The number of carbonyl (C=O) groups excluding carboxylic acids is 1. The van der Waals surface area contributed by atoms with Crippen LogP contribution in [0, 0.1) is 16.7 Å². The van der Waals surface area contributed by atoms with Gasteiger partial charge in [0.1, 0.15) is 17.6 Å². The maximum absolute atomic E-state index is 13.4. The van der Waals surface area contributed by atoms with Crippen LogP contribution in [0.2, 0.25) is 0 Å². The van der Waals surface area contributed by atoms with Gasteiger partial charge in [-0.15, -0.1) is 0 Å². The lowest BCUT2D eigenvalue weighted by atomic mass is 9.66. The van der Waals surface area contributed by atoms with Crippen LogP contribution in [0.5, 0.6) is 5.75 Å². The number of nitriles is 1.